The maximum absolute atomic E-state index is 11.6. The zero-order valence-electron chi connectivity index (χ0n) is 11.2. The Morgan fingerprint density at radius 1 is 1.68 bits per heavy atom. The molecule has 1 amide bonds. The number of terminal acetylenes is 1. The van der Waals surface area contributed by atoms with Crippen molar-refractivity contribution in [3.8, 4) is 12.3 Å². The average Bonchev–Trinajstić information content (AvgIpc) is 2.24. The van der Waals surface area contributed by atoms with Crippen LogP contribution in [0.3, 0.4) is 0 Å². The molecule has 3 unspecified atom stereocenters. The van der Waals surface area contributed by atoms with Gasteiger partial charge in [0.15, 0.2) is 0 Å². The summed E-state index contributed by atoms with van der Waals surface area (Å²) in [6.45, 7) is 5.26. The van der Waals surface area contributed by atoms with Crippen LogP contribution < -0.4 is 5.32 Å². The van der Waals surface area contributed by atoms with Gasteiger partial charge in [0, 0.05) is 22.9 Å². The van der Waals surface area contributed by atoms with Gasteiger partial charge in [-0.3, -0.25) is 0 Å². The van der Waals surface area contributed by atoms with E-state index in [4.69, 9.17) is 16.7 Å². The van der Waals surface area contributed by atoms with E-state index < -0.39 is 29.8 Å². The summed E-state index contributed by atoms with van der Waals surface area (Å²) in [4.78, 5) is 14.3. The maximum Gasteiger partial charge on any atom is 0.407 e. The highest BCUT2D eigenvalue weighted by Crippen LogP contribution is 2.34. The van der Waals surface area contributed by atoms with Gasteiger partial charge in [-0.1, -0.05) is 11.0 Å². The molecule has 7 nitrogen and oxygen atoms in total. The lowest BCUT2D eigenvalue weighted by Gasteiger charge is -2.43. The lowest BCUT2D eigenvalue weighted by molar-refractivity contribution is 0.0234. The lowest BCUT2D eigenvalue weighted by atomic mass is 9.71. The quantitative estimate of drug-likeness (QED) is 0.350. The molecule has 0 aromatic carbocycles. The van der Waals surface area contributed by atoms with Crippen LogP contribution >= 0.6 is 0 Å². The molecule has 2 N–H and O–H groups in total. The van der Waals surface area contributed by atoms with Crippen LogP contribution in [0.15, 0.2) is 5.11 Å². The topological polar surface area (TPSA) is 107 Å². The van der Waals surface area contributed by atoms with E-state index in [0.717, 1.165) is 0 Å². The fourth-order valence-corrected chi connectivity index (χ4v) is 1.99. The number of hydrogen-bond donors (Lipinski definition) is 2. The van der Waals surface area contributed by atoms with Crippen LogP contribution in [-0.4, -0.2) is 35.0 Å². The highest BCUT2D eigenvalue weighted by molar-refractivity contribution is 5.68. The fourth-order valence-electron chi connectivity index (χ4n) is 1.99. The summed E-state index contributed by atoms with van der Waals surface area (Å²) >= 11 is 0. The molecule has 0 aromatic rings. The van der Waals surface area contributed by atoms with E-state index >= 15 is 0 Å². The molecule has 0 aliphatic heterocycles. The molecule has 0 radical (unpaired) electrons. The van der Waals surface area contributed by atoms with Gasteiger partial charge in [0.05, 0.1) is 0 Å². The molecule has 1 aliphatic carbocycles. The number of amides is 1. The van der Waals surface area contributed by atoms with Crippen molar-refractivity contribution in [2.75, 3.05) is 0 Å². The van der Waals surface area contributed by atoms with E-state index in [1.807, 2.05) is 0 Å². The van der Waals surface area contributed by atoms with Gasteiger partial charge in [-0.15, -0.1) is 6.42 Å². The summed E-state index contributed by atoms with van der Waals surface area (Å²) in [6, 6.07) is -0.757. The molecular weight excluding hydrogens is 248 g/mol. The van der Waals surface area contributed by atoms with Gasteiger partial charge in [0.1, 0.15) is 11.7 Å². The van der Waals surface area contributed by atoms with Gasteiger partial charge < -0.3 is 15.2 Å². The van der Waals surface area contributed by atoms with Crippen LogP contribution in [-0.2, 0) is 4.74 Å². The smallest absolute Gasteiger partial charge is 0.407 e. The predicted molar refractivity (Wildman–Crippen MR) is 69.0 cm³/mol. The minimum absolute atomic E-state index is 0.351. The average molecular weight is 266 g/mol. The number of carbonyl (C=O) groups is 1. The number of aliphatic hydroxyl groups is 1. The maximum atomic E-state index is 11.6. The molecular formula is C12H18N4O3. The zero-order valence-corrected chi connectivity index (χ0v) is 11.2. The molecule has 1 saturated carbocycles. The van der Waals surface area contributed by atoms with Crippen LogP contribution in [0.2, 0.25) is 0 Å². The van der Waals surface area contributed by atoms with E-state index in [0.29, 0.717) is 6.42 Å². The Balaban J connectivity index is 2.62. The summed E-state index contributed by atoms with van der Waals surface area (Å²) < 4.78 is 5.11. The second-order valence-electron chi connectivity index (χ2n) is 5.45. The molecule has 7 heteroatoms. The van der Waals surface area contributed by atoms with Gasteiger partial charge >= 0.3 is 6.09 Å². The SMILES string of the molecule is C#CC(O)C1C(N=[N+]=[N-])C[C@@H]1NC(=O)OC(C)(C)C. The van der Waals surface area contributed by atoms with Crippen molar-refractivity contribution >= 4 is 6.09 Å². The van der Waals surface area contributed by atoms with E-state index in [2.05, 4.69) is 21.3 Å². The lowest BCUT2D eigenvalue weighted by Crippen LogP contribution is -2.59. The van der Waals surface area contributed by atoms with Gasteiger partial charge in [-0.05, 0) is 32.7 Å². The molecule has 19 heavy (non-hydrogen) atoms. The van der Waals surface area contributed by atoms with E-state index in [1.54, 1.807) is 20.8 Å². The number of ether oxygens (including phenoxy) is 1. The highest BCUT2D eigenvalue weighted by Gasteiger charge is 2.45. The molecule has 0 saturated heterocycles. The number of carbonyl (C=O) groups excluding carboxylic acids is 1. The Labute approximate surface area is 111 Å². The third-order valence-corrected chi connectivity index (χ3v) is 2.84. The first-order valence-corrected chi connectivity index (χ1v) is 5.96. The third kappa shape index (κ3) is 4.05. The summed E-state index contributed by atoms with van der Waals surface area (Å²) in [6.07, 6.45) is 3.95. The molecule has 1 fully saturated rings. The van der Waals surface area contributed by atoms with Crippen molar-refractivity contribution in [1.29, 1.82) is 0 Å². The molecule has 0 spiro atoms. The molecule has 0 bridgehead atoms. The van der Waals surface area contributed by atoms with Crippen molar-refractivity contribution < 1.29 is 14.6 Å². The molecule has 0 heterocycles. The Bertz CT molecular complexity index is 431. The summed E-state index contributed by atoms with van der Waals surface area (Å²) in [5.41, 5.74) is 7.81. The largest absolute Gasteiger partial charge is 0.444 e. The van der Waals surface area contributed by atoms with Crippen molar-refractivity contribution in [3.05, 3.63) is 10.4 Å². The number of aliphatic hydroxyl groups excluding tert-OH is 1. The second kappa shape index (κ2) is 5.83. The van der Waals surface area contributed by atoms with Gasteiger partial charge in [-0.2, -0.15) is 0 Å². The first-order valence-electron chi connectivity index (χ1n) is 5.96. The Kier molecular flexibility index (Phi) is 4.65. The van der Waals surface area contributed by atoms with Crippen LogP contribution in [0.25, 0.3) is 10.4 Å². The number of nitrogens with one attached hydrogen (secondary N) is 1. The predicted octanol–water partition coefficient (Wildman–Crippen LogP) is 1.57. The van der Waals surface area contributed by atoms with E-state index in [-0.39, 0.29) is 6.04 Å². The second-order valence-corrected chi connectivity index (χ2v) is 5.45. The fraction of sp³-hybridized carbons (Fsp3) is 0.750. The molecule has 1 rings (SSSR count). The minimum atomic E-state index is -1.07. The van der Waals surface area contributed by atoms with Crippen molar-refractivity contribution in [2.24, 2.45) is 11.0 Å². The first kappa shape index (κ1) is 15.2. The minimum Gasteiger partial charge on any atom is -0.444 e. The number of rotatable bonds is 3. The van der Waals surface area contributed by atoms with Crippen LogP contribution in [0.1, 0.15) is 27.2 Å². The van der Waals surface area contributed by atoms with E-state index in [1.165, 1.54) is 0 Å². The standard InChI is InChI=1S/C12H18N4O3/c1-5-9(17)10-7(6-8(10)15-16-13)14-11(18)19-12(2,3)4/h1,7-10,17H,6H2,2-4H3,(H,14,18)/t7-,8?,9?,10?/m0/s1. The van der Waals surface area contributed by atoms with Crippen molar-refractivity contribution in [2.45, 2.75) is 51.0 Å². The number of azide groups is 1. The Hall–Kier alpha value is -1.90. The molecule has 1 aliphatic rings. The Morgan fingerprint density at radius 2 is 2.32 bits per heavy atom. The Morgan fingerprint density at radius 3 is 2.79 bits per heavy atom. The molecule has 104 valence electrons. The summed E-state index contributed by atoms with van der Waals surface area (Å²) in [7, 11) is 0. The van der Waals surface area contributed by atoms with Gasteiger partial charge in [0.25, 0.3) is 0 Å². The molecule has 4 atom stereocenters. The van der Waals surface area contributed by atoms with Crippen LogP contribution in [0.5, 0.6) is 0 Å². The zero-order chi connectivity index (χ0) is 14.6. The summed E-state index contributed by atoms with van der Waals surface area (Å²) in [5, 5.41) is 15.9. The monoisotopic (exact) mass is 266 g/mol. The van der Waals surface area contributed by atoms with Crippen molar-refractivity contribution in [1.82, 2.24) is 5.32 Å². The first-order chi connectivity index (χ1) is 8.78. The highest BCUT2D eigenvalue weighted by atomic mass is 16.6. The number of hydrogen-bond acceptors (Lipinski definition) is 4. The van der Waals surface area contributed by atoms with E-state index in [9.17, 15) is 9.90 Å². The van der Waals surface area contributed by atoms with Crippen molar-refractivity contribution in [3.63, 3.8) is 0 Å². The van der Waals surface area contributed by atoms with Gasteiger partial charge in [0.2, 0.25) is 0 Å². The van der Waals surface area contributed by atoms with Crippen LogP contribution in [0, 0.1) is 18.3 Å². The normalized spacial score (nSPS) is 27.2. The van der Waals surface area contributed by atoms with Crippen LogP contribution in [0.4, 0.5) is 4.79 Å². The molecule has 0 aromatic heterocycles. The number of alkyl carbamates (subject to hydrolysis) is 1. The number of nitrogens with zero attached hydrogens (tertiary/aromatic N) is 3. The third-order valence-electron chi connectivity index (χ3n) is 2.84. The summed E-state index contributed by atoms with van der Waals surface area (Å²) in [5.74, 6) is 1.71. The van der Waals surface area contributed by atoms with Gasteiger partial charge in [-0.25, -0.2) is 4.79 Å².